The van der Waals surface area contributed by atoms with Crippen molar-refractivity contribution in [3.8, 4) is 0 Å². The molecule has 0 bridgehead atoms. The minimum absolute atomic E-state index is 0.264. The summed E-state index contributed by atoms with van der Waals surface area (Å²) in [6, 6.07) is 9.91. The van der Waals surface area contributed by atoms with E-state index in [-0.39, 0.29) is 5.28 Å². The number of nitrogens with one attached hydrogen (secondary N) is 1. The van der Waals surface area contributed by atoms with Crippen LogP contribution in [0, 0.1) is 6.92 Å². The molecule has 0 saturated carbocycles. The second-order valence-corrected chi connectivity index (χ2v) is 4.80. The van der Waals surface area contributed by atoms with Crippen LogP contribution in [0.1, 0.15) is 11.3 Å². The molecule has 0 amide bonds. The van der Waals surface area contributed by atoms with Gasteiger partial charge >= 0.3 is 0 Å². The van der Waals surface area contributed by atoms with Gasteiger partial charge in [0.1, 0.15) is 5.82 Å². The smallest absolute Gasteiger partial charge is 0.224 e. The van der Waals surface area contributed by atoms with E-state index >= 15 is 0 Å². The Hall–Kier alpha value is -1.13. The molecule has 0 unspecified atom stereocenters. The van der Waals surface area contributed by atoms with E-state index in [9.17, 15) is 0 Å². The fourth-order valence-corrected chi connectivity index (χ4v) is 2.10. The van der Waals surface area contributed by atoms with Crippen LogP contribution in [-0.2, 0) is 6.54 Å². The fourth-order valence-electron chi connectivity index (χ4n) is 1.45. The first-order valence-electron chi connectivity index (χ1n) is 5.13. The second-order valence-electron chi connectivity index (χ2n) is 3.61. The summed E-state index contributed by atoms with van der Waals surface area (Å²) in [5, 5.41) is 3.48. The van der Waals surface area contributed by atoms with Crippen LogP contribution in [0.2, 0.25) is 5.28 Å². The zero-order valence-electron chi connectivity index (χ0n) is 9.24. The third-order valence-corrected chi connectivity index (χ3v) is 3.19. The average Bonchev–Trinajstić information content (AvgIpc) is 2.27. The van der Waals surface area contributed by atoms with Crippen LogP contribution in [-0.4, -0.2) is 9.97 Å². The number of hydrogen-bond acceptors (Lipinski definition) is 3. The lowest BCUT2D eigenvalue weighted by molar-refractivity contribution is 1.05. The fraction of sp³-hybridized carbons (Fsp3) is 0.167. The maximum atomic E-state index is 5.79. The van der Waals surface area contributed by atoms with Crippen molar-refractivity contribution < 1.29 is 0 Å². The molecular formula is C12H11BrClN3. The Bertz CT molecular complexity index is 511. The molecule has 0 saturated heterocycles. The number of anilines is 1. The van der Waals surface area contributed by atoms with Crippen molar-refractivity contribution in [3.63, 3.8) is 0 Å². The van der Waals surface area contributed by atoms with Gasteiger partial charge in [0.25, 0.3) is 0 Å². The van der Waals surface area contributed by atoms with Crippen LogP contribution in [0.15, 0.2) is 34.8 Å². The molecule has 0 atom stereocenters. The number of aryl methyl sites for hydroxylation is 1. The molecule has 1 N–H and O–H groups in total. The first-order valence-corrected chi connectivity index (χ1v) is 6.31. The summed E-state index contributed by atoms with van der Waals surface area (Å²) in [5.74, 6) is 0.734. The highest BCUT2D eigenvalue weighted by molar-refractivity contribution is 9.10. The quantitative estimate of drug-likeness (QED) is 0.876. The van der Waals surface area contributed by atoms with Crippen LogP contribution in [0.25, 0.3) is 0 Å². The summed E-state index contributed by atoms with van der Waals surface area (Å²) in [7, 11) is 0. The molecule has 0 aliphatic carbocycles. The summed E-state index contributed by atoms with van der Waals surface area (Å²) in [6.45, 7) is 2.57. The molecule has 2 rings (SSSR count). The highest BCUT2D eigenvalue weighted by Crippen LogP contribution is 2.17. The largest absolute Gasteiger partial charge is 0.366 e. The predicted molar refractivity (Wildman–Crippen MR) is 73.2 cm³/mol. The molecule has 17 heavy (non-hydrogen) atoms. The van der Waals surface area contributed by atoms with E-state index in [0.717, 1.165) is 16.0 Å². The molecule has 3 nitrogen and oxygen atoms in total. The number of hydrogen-bond donors (Lipinski definition) is 1. The third kappa shape index (κ3) is 3.41. The van der Waals surface area contributed by atoms with Gasteiger partial charge in [-0.15, -0.1) is 0 Å². The Kier molecular flexibility index (Phi) is 3.97. The van der Waals surface area contributed by atoms with Gasteiger partial charge in [-0.2, -0.15) is 0 Å². The molecule has 0 aliphatic heterocycles. The molecule has 0 aliphatic rings. The van der Waals surface area contributed by atoms with E-state index in [2.05, 4.69) is 31.2 Å². The summed E-state index contributed by atoms with van der Waals surface area (Å²) in [4.78, 5) is 8.12. The average molecular weight is 313 g/mol. The molecule has 1 heterocycles. The van der Waals surface area contributed by atoms with Crippen molar-refractivity contribution in [2.45, 2.75) is 13.5 Å². The van der Waals surface area contributed by atoms with E-state index < -0.39 is 0 Å². The molecule has 1 aromatic carbocycles. The highest BCUT2D eigenvalue weighted by Gasteiger charge is 2.01. The highest BCUT2D eigenvalue weighted by atomic mass is 79.9. The van der Waals surface area contributed by atoms with Gasteiger partial charge in [0.05, 0.1) is 0 Å². The lowest BCUT2D eigenvalue weighted by atomic mass is 10.2. The molecule has 1 aromatic heterocycles. The van der Waals surface area contributed by atoms with Gasteiger partial charge < -0.3 is 5.32 Å². The van der Waals surface area contributed by atoms with E-state index in [1.807, 2.05) is 37.3 Å². The van der Waals surface area contributed by atoms with Crippen LogP contribution < -0.4 is 5.32 Å². The Morgan fingerprint density at radius 2 is 2.06 bits per heavy atom. The van der Waals surface area contributed by atoms with E-state index in [1.54, 1.807) is 0 Å². The lowest BCUT2D eigenvalue weighted by Gasteiger charge is -2.08. The van der Waals surface area contributed by atoms with Crippen molar-refractivity contribution in [1.29, 1.82) is 0 Å². The standard InChI is InChI=1S/C12H11BrClN3/c1-8-6-11(17-12(14)16-8)15-7-9-4-2-3-5-10(9)13/h2-6H,7H2,1H3,(H,15,16,17). The van der Waals surface area contributed by atoms with Gasteiger partial charge in [0.2, 0.25) is 5.28 Å². The maximum Gasteiger partial charge on any atom is 0.224 e. The summed E-state index contributed by atoms with van der Waals surface area (Å²) < 4.78 is 1.07. The predicted octanol–water partition coefficient (Wildman–Crippen LogP) is 3.81. The number of rotatable bonds is 3. The summed E-state index contributed by atoms with van der Waals surface area (Å²) in [5.41, 5.74) is 2.01. The molecule has 0 spiro atoms. The molecule has 2 aromatic rings. The van der Waals surface area contributed by atoms with Gasteiger partial charge in [0.15, 0.2) is 0 Å². The van der Waals surface area contributed by atoms with Crippen molar-refractivity contribution in [1.82, 2.24) is 9.97 Å². The van der Waals surface area contributed by atoms with Crippen molar-refractivity contribution in [3.05, 3.63) is 51.3 Å². The molecule has 0 radical (unpaired) electrons. The normalized spacial score (nSPS) is 10.3. The minimum atomic E-state index is 0.264. The number of halogens is 2. The third-order valence-electron chi connectivity index (χ3n) is 2.24. The van der Waals surface area contributed by atoms with Crippen LogP contribution >= 0.6 is 27.5 Å². The van der Waals surface area contributed by atoms with Gasteiger partial charge in [-0.3, -0.25) is 0 Å². The second kappa shape index (κ2) is 5.47. The zero-order chi connectivity index (χ0) is 12.3. The molecule has 5 heteroatoms. The van der Waals surface area contributed by atoms with Gasteiger partial charge in [0, 0.05) is 22.8 Å². The van der Waals surface area contributed by atoms with Gasteiger partial charge in [-0.25, -0.2) is 9.97 Å². The van der Waals surface area contributed by atoms with E-state index in [0.29, 0.717) is 6.54 Å². The first-order chi connectivity index (χ1) is 8.15. The van der Waals surface area contributed by atoms with Crippen LogP contribution in [0.4, 0.5) is 5.82 Å². The monoisotopic (exact) mass is 311 g/mol. The van der Waals surface area contributed by atoms with Gasteiger partial charge in [-0.05, 0) is 30.2 Å². The summed E-state index contributed by atoms with van der Waals surface area (Å²) in [6.07, 6.45) is 0. The zero-order valence-corrected chi connectivity index (χ0v) is 11.6. The number of nitrogens with zero attached hydrogens (tertiary/aromatic N) is 2. The molecule has 0 fully saturated rings. The van der Waals surface area contributed by atoms with Crippen molar-refractivity contribution >= 4 is 33.3 Å². The first kappa shape index (κ1) is 12.3. The molecule has 88 valence electrons. The minimum Gasteiger partial charge on any atom is -0.366 e. The van der Waals surface area contributed by atoms with Gasteiger partial charge in [-0.1, -0.05) is 34.1 Å². The molecular weight excluding hydrogens is 302 g/mol. The number of benzene rings is 1. The Labute approximate surface area is 113 Å². The van der Waals surface area contributed by atoms with Crippen LogP contribution in [0.3, 0.4) is 0 Å². The maximum absolute atomic E-state index is 5.79. The lowest BCUT2D eigenvalue weighted by Crippen LogP contribution is -2.03. The van der Waals surface area contributed by atoms with Crippen molar-refractivity contribution in [2.24, 2.45) is 0 Å². The number of aromatic nitrogens is 2. The topological polar surface area (TPSA) is 37.8 Å². The van der Waals surface area contributed by atoms with E-state index in [1.165, 1.54) is 5.56 Å². The van der Waals surface area contributed by atoms with Crippen LogP contribution in [0.5, 0.6) is 0 Å². The Balaban J connectivity index is 2.10. The summed E-state index contributed by atoms with van der Waals surface area (Å²) >= 11 is 9.29. The SMILES string of the molecule is Cc1cc(NCc2ccccc2Br)nc(Cl)n1. The van der Waals surface area contributed by atoms with E-state index in [4.69, 9.17) is 11.6 Å². The van der Waals surface area contributed by atoms with Crippen molar-refractivity contribution in [2.75, 3.05) is 5.32 Å². The Morgan fingerprint density at radius 3 is 2.76 bits per heavy atom. The Morgan fingerprint density at radius 1 is 1.29 bits per heavy atom.